The fraction of sp³-hybridized carbons (Fsp3) is 0.889. The maximum Gasteiger partial charge on any atom is 0.336 e. The zero-order valence-electron chi connectivity index (χ0n) is 9.51. The van der Waals surface area contributed by atoms with Crippen LogP contribution in [0, 0.1) is 0 Å². The summed E-state index contributed by atoms with van der Waals surface area (Å²) in [6.45, 7) is 5.31. The van der Waals surface area contributed by atoms with Crippen LogP contribution >= 0.6 is 7.60 Å². The van der Waals surface area contributed by atoms with E-state index < -0.39 is 13.3 Å². The molecule has 2 N–H and O–H groups in total. The first-order chi connectivity index (χ1) is 6.95. The molecule has 0 heterocycles. The fourth-order valence-electron chi connectivity index (χ4n) is 0.979. The average Bonchev–Trinajstić information content (AvgIpc) is 2.22. The second-order valence-corrected chi connectivity index (χ2v) is 5.68. The Morgan fingerprint density at radius 1 is 1.53 bits per heavy atom. The van der Waals surface area contributed by atoms with Crippen LogP contribution in [-0.2, 0) is 9.09 Å². The molecule has 0 aliphatic heterocycles. The molecule has 0 spiro atoms. The van der Waals surface area contributed by atoms with E-state index in [1.807, 2.05) is 6.92 Å². The predicted molar refractivity (Wildman–Crippen MR) is 59.7 cm³/mol. The van der Waals surface area contributed by atoms with Crippen molar-refractivity contribution in [1.29, 1.82) is 0 Å². The lowest BCUT2D eigenvalue weighted by Crippen LogP contribution is -2.16. The summed E-state index contributed by atoms with van der Waals surface area (Å²) >= 11 is 0. The van der Waals surface area contributed by atoms with Crippen molar-refractivity contribution in [1.82, 2.24) is 0 Å². The molecule has 2 unspecified atom stereocenters. The summed E-state index contributed by atoms with van der Waals surface area (Å²) in [5, 5.41) is 11.4. The highest BCUT2D eigenvalue weighted by atomic mass is 31.2. The zero-order valence-corrected chi connectivity index (χ0v) is 10.4. The molecule has 90 valence electrons. The maximum absolute atomic E-state index is 11.6. The van der Waals surface area contributed by atoms with Gasteiger partial charge in [-0.1, -0.05) is 24.9 Å². The van der Waals surface area contributed by atoms with Crippen LogP contribution in [-0.4, -0.2) is 28.1 Å². The Morgan fingerprint density at radius 2 is 2.13 bits per heavy atom. The summed E-state index contributed by atoms with van der Waals surface area (Å²) in [5.74, 6) is 0. The Bertz CT molecular complexity index is 254. The third-order valence-electron chi connectivity index (χ3n) is 2.28. The lowest BCUT2D eigenvalue weighted by Gasteiger charge is -2.17. The first-order valence-corrected chi connectivity index (χ1v) is 6.76. The van der Waals surface area contributed by atoms with Crippen molar-refractivity contribution in [2.45, 2.75) is 45.7 Å². The normalized spacial score (nSPS) is 18.5. The van der Waals surface area contributed by atoms with Gasteiger partial charge in [-0.2, -0.15) is 0 Å². The Morgan fingerprint density at radius 3 is 2.60 bits per heavy atom. The molecule has 0 aromatic rings. The Labute approximate surface area is 90.7 Å². The van der Waals surface area contributed by atoms with E-state index in [1.54, 1.807) is 0 Å². The molecule has 0 bridgehead atoms. The number of hydrogen-bond donors (Lipinski definition) is 2. The van der Waals surface area contributed by atoms with Gasteiger partial charge in [0.1, 0.15) is 0 Å². The van der Waals surface area contributed by atoms with Crippen LogP contribution in [0.15, 0.2) is 5.16 Å². The molecular weight excluding hydrogens is 217 g/mol. The lowest BCUT2D eigenvalue weighted by molar-refractivity contribution is 0.250. The fourth-order valence-corrected chi connectivity index (χ4v) is 2.12. The average molecular weight is 237 g/mol. The second kappa shape index (κ2) is 6.99. The van der Waals surface area contributed by atoms with Crippen molar-refractivity contribution in [2.24, 2.45) is 5.16 Å². The van der Waals surface area contributed by atoms with Gasteiger partial charge in [0.2, 0.25) is 0 Å². The van der Waals surface area contributed by atoms with Gasteiger partial charge in [-0.15, -0.1) is 0 Å². The summed E-state index contributed by atoms with van der Waals surface area (Å²) in [5.41, 5.74) is -0.555. The van der Waals surface area contributed by atoms with Gasteiger partial charge in [-0.05, 0) is 20.3 Å². The van der Waals surface area contributed by atoms with Crippen LogP contribution in [0.2, 0.25) is 0 Å². The Balaban J connectivity index is 4.12. The van der Waals surface area contributed by atoms with E-state index >= 15 is 0 Å². The van der Waals surface area contributed by atoms with Gasteiger partial charge in [0.05, 0.1) is 18.0 Å². The van der Waals surface area contributed by atoms with Gasteiger partial charge in [-0.3, -0.25) is 4.57 Å². The van der Waals surface area contributed by atoms with Crippen LogP contribution in [0.1, 0.15) is 40.0 Å². The van der Waals surface area contributed by atoms with E-state index in [0.29, 0.717) is 0 Å². The van der Waals surface area contributed by atoms with Crippen molar-refractivity contribution in [3.05, 3.63) is 0 Å². The molecule has 5 nitrogen and oxygen atoms in total. The van der Waals surface area contributed by atoms with Crippen LogP contribution in [0.5, 0.6) is 0 Å². The van der Waals surface area contributed by atoms with Crippen molar-refractivity contribution >= 4 is 13.3 Å². The van der Waals surface area contributed by atoms with Gasteiger partial charge < -0.3 is 14.6 Å². The van der Waals surface area contributed by atoms with Gasteiger partial charge in [0.25, 0.3) is 0 Å². The van der Waals surface area contributed by atoms with Gasteiger partial charge in [0, 0.05) is 0 Å². The predicted octanol–water partition coefficient (Wildman–Crippen LogP) is 2.62. The number of unbranched alkanes of at least 4 members (excludes halogenated alkanes) is 2. The van der Waals surface area contributed by atoms with E-state index in [4.69, 9.17) is 9.73 Å². The second-order valence-electron chi connectivity index (χ2n) is 3.52. The largest absolute Gasteiger partial charge is 0.411 e. The minimum absolute atomic E-state index is 0.205. The number of oxime groups is 1. The van der Waals surface area contributed by atoms with E-state index in [0.717, 1.165) is 19.3 Å². The Hall–Kier alpha value is -0.380. The van der Waals surface area contributed by atoms with Crippen LogP contribution in [0.25, 0.3) is 0 Å². The minimum atomic E-state index is -3.69. The third-order valence-corrected chi connectivity index (χ3v) is 4.18. The quantitative estimate of drug-likeness (QED) is 0.234. The molecule has 0 saturated carbocycles. The Kier molecular flexibility index (Phi) is 6.81. The van der Waals surface area contributed by atoms with Crippen LogP contribution < -0.4 is 0 Å². The summed E-state index contributed by atoms with van der Waals surface area (Å²) in [6, 6.07) is 0. The van der Waals surface area contributed by atoms with Crippen molar-refractivity contribution in [3.8, 4) is 0 Å². The zero-order chi connectivity index (χ0) is 11.9. The molecule has 0 fully saturated rings. The molecule has 0 aliphatic carbocycles. The van der Waals surface area contributed by atoms with E-state index in [9.17, 15) is 9.46 Å². The molecule has 0 saturated heterocycles. The smallest absolute Gasteiger partial charge is 0.336 e. The van der Waals surface area contributed by atoms with E-state index in [1.165, 1.54) is 13.8 Å². The molecule has 0 aromatic carbocycles. The van der Waals surface area contributed by atoms with Crippen LogP contribution in [0.3, 0.4) is 0 Å². The lowest BCUT2D eigenvalue weighted by atomic mass is 10.3. The SMILES string of the molecule is CCCCCOP(=O)(O)C(C)C(C)=NO. The number of rotatable bonds is 7. The summed E-state index contributed by atoms with van der Waals surface area (Å²) in [4.78, 5) is 9.53. The highest BCUT2D eigenvalue weighted by Gasteiger charge is 2.30. The van der Waals surface area contributed by atoms with Crippen molar-refractivity contribution in [2.75, 3.05) is 6.61 Å². The standard InChI is InChI=1S/C9H20NO4P/c1-4-5-6-7-14-15(12,13)9(3)8(2)10-11/h9,11H,4-7H2,1-3H3,(H,12,13). The van der Waals surface area contributed by atoms with Gasteiger partial charge in [0.15, 0.2) is 0 Å². The monoisotopic (exact) mass is 237 g/mol. The third kappa shape index (κ3) is 5.30. The molecule has 0 aromatic heterocycles. The maximum atomic E-state index is 11.6. The van der Waals surface area contributed by atoms with Crippen molar-refractivity contribution < 1.29 is 19.2 Å². The molecule has 0 radical (unpaired) electrons. The first-order valence-electron chi connectivity index (χ1n) is 5.11. The van der Waals surface area contributed by atoms with Gasteiger partial charge >= 0.3 is 7.60 Å². The van der Waals surface area contributed by atoms with Crippen molar-refractivity contribution in [3.63, 3.8) is 0 Å². The number of nitrogens with zero attached hydrogens (tertiary/aromatic N) is 1. The molecule has 0 aliphatic rings. The molecular formula is C9H20NO4P. The highest BCUT2D eigenvalue weighted by Crippen LogP contribution is 2.47. The first kappa shape index (κ1) is 14.6. The molecule has 15 heavy (non-hydrogen) atoms. The number of hydrogen-bond acceptors (Lipinski definition) is 4. The summed E-state index contributed by atoms with van der Waals surface area (Å²) in [7, 11) is -3.69. The molecule has 6 heteroatoms. The summed E-state index contributed by atoms with van der Waals surface area (Å²) < 4.78 is 16.6. The van der Waals surface area contributed by atoms with Gasteiger partial charge in [-0.25, -0.2) is 0 Å². The van der Waals surface area contributed by atoms with Crippen LogP contribution in [0.4, 0.5) is 0 Å². The van der Waals surface area contributed by atoms with E-state index in [-0.39, 0.29) is 12.3 Å². The topological polar surface area (TPSA) is 79.1 Å². The molecule has 0 rings (SSSR count). The van der Waals surface area contributed by atoms with E-state index in [2.05, 4.69) is 5.16 Å². The molecule has 2 atom stereocenters. The minimum Gasteiger partial charge on any atom is -0.411 e. The summed E-state index contributed by atoms with van der Waals surface area (Å²) in [6.07, 6.45) is 2.77. The highest BCUT2D eigenvalue weighted by molar-refractivity contribution is 7.54. The molecule has 0 amide bonds.